The van der Waals surface area contributed by atoms with Gasteiger partial charge in [-0.25, -0.2) is 4.39 Å². The van der Waals surface area contributed by atoms with Crippen LogP contribution in [0.3, 0.4) is 0 Å². The van der Waals surface area contributed by atoms with Crippen molar-refractivity contribution in [1.82, 2.24) is 15.2 Å². The van der Waals surface area contributed by atoms with Crippen molar-refractivity contribution < 1.29 is 14.0 Å². The second kappa shape index (κ2) is 9.71. The number of carbonyl (C=O) groups is 2. The fraction of sp³-hybridized carbons (Fsp3) is 0.543. The van der Waals surface area contributed by atoms with E-state index in [9.17, 15) is 14.0 Å². The van der Waals surface area contributed by atoms with Crippen LogP contribution in [0.5, 0.6) is 0 Å². The van der Waals surface area contributed by atoms with Crippen molar-refractivity contribution in [3.63, 3.8) is 0 Å². The summed E-state index contributed by atoms with van der Waals surface area (Å²) in [7, 11) is 0. The highest BCUT2D eigenvalue weighted by Crippen LogP contribution is 2.67. The Balaban J connectivity index is 1.10. The van der Waals surface area contributed by atoms with Crippen molar-refractivity contribution in [2.24, 2.45) is 29.1 Å². The maximum absolute atomic E-state index is 14.7. The molecule has 2 amide bonds. The molecule has 216 valence electrons. The Kier molecular flexibility index (Phi) is 6.33. The topological polar surface area (TPSA) is 65.2 Å². The average molecular weight is 556 g/mol. The molecule has 2 unspecified atom stereocenters. The number of para-hydroxylation sites is 1. The van der Waals surface area contributed by atoms with Gasteiger partial charge in [-0.3, -0.25) is 9.59 Å². The van der Waals surface area contributed by atoms with Gasteiger partial charge in [0.2, 0.25) is 11.8 Å². The maximum Gasteiger partial charge on any atom is 0.240 e. The molecule has 5 saturated carbocycles. The summed E-state index contributed by atoms with van der Waals surface area (Å²) in [6.07, 6.45) is 7.45. The van der Waals surface area contributed by atoms with E-state index in [2.05, 4.69) is 49.3 Å². The first kappa shape index (κ1) is 26.7. The van der Waals surface area contributed by atoms with Crippen molar-refractivity contribution in [1.29, 1.82) is 0 Å². The minimum Gasteiger partial charge on any atom is -0.358 e. The molecule has 3 aromatic rings. The van der Waals surface area contributed by atoms with E-state index in [4.69, 9.17) is 0 Å². The highest BCUT2D eigenvalue weighted by molar-refractivity contribution is 5.88. The van der Waals surface area contributed by atoms with Crippen LogP contribution in [0, 0.1) is 41.8 Å². The van der Waals surface area contributed by atoms with Crippen LogP contribution in [0.15, 0.2) is 48.5 Å². The predicted octanol–water partition coefficient (Wildman–Crippen LogP) is 6.86. The number of H-pyrrole nitrogens is 1. The zero-order valence-electron chi connectivity index (χ0n) is 24.5. The Hall–Kier alpha value is -3.15. The molecule has 2 N–H and O–H groups in total. The molecule has 0 saturated heterocycles. The van der Waals surface area contributed by atoms with E-state index in [0.717, 1.165) is 48.2 Å². The van der Waals surface area contributed by atoms with E-state index in [1.54, 1.807) is 23.1 Å². The maximum atomic E-state index is 14.7. The summed E-state index contributed by atoms with van der Waals surface area (Å²) in [4.78, 5) is 32.7. The zero-order valence-corrected chi connectivity index (χ0v) is 24.5. The predicted molar refractivity (Wildman–Crippen MR) is 159 cm³/mol. The van der Waals surface area contributed by atoms with Crippen LogP contribution in [-0.4, -0.2) is 33.8 Å². The lowest BCUT2D eigenvalue weighted by molar-refractivity contribution is -0.139. The van der Waals surface area contributed by atoms with E-state index in [-0.39, 0.29) is 53.5 Å². The van der Waals surface area contributed by atoms with E-state index < -0.39 is 0 Å². The van der Waals surface area contributed by atoms with Crippen molar-refractivity contribution in [2.45, 2.75) is 83.7 Å². The number of carbonyl (C=O) groups excluding carboxylic acids is 2. The third kappa shape index (κ3) is 4.77. The van der Waals surface area contributed by atoms with Gasteiger partial charge in [0.1, 0.15) is 5.82 Å². The third-order valence-electron chi connectivity index (χ3n) is 11.1. The van der Waals surface area contributed by atoms with Crippen LogP contribution < -0.4 is 5.32 Å². The minimum atomic E-state index is -0.342. The van der Waals surface area contributed by atoms with Gasteiger partial charge in [0, 0.05) is 40.7 Å². The normalized spacial score (nSPS) is 30.9. The lowest BCUT2D eigenvalue weighted by atomic mass is 9.53. The Labute approximate surface area is 242 Å². The molecular formula is C35H42FN3O2. The smallest absolute Gasteiger partial charge is 0.240 e. The summed E-state index contributed by atoms with van der Waals surface area (Å²) in [6, 6.07) is 14.9. The van der Waals surface area contributed by atoms with Crippen LogP contribution in [0.1, 0.15) is 81.5 Å². The molecule has 0 aliphatic heterocycles. The molecule has 2 atom stereocenters. The standard InChI is InChI=1S/C35H42FN3O2/c1-21-32(26-9-5-7-11-29(26)37-21)33-27(34(33,2)3)15-31(41)39(19-25-8-4-6-10-28(25)36)20-30(40)38-35-16-22-12-23(17-35)14-24(13-22)18-35/h4-11,22-24,27,33,37H,12-20H2,1-3H3,(H,38,40). The monoisotopic (exact) mass is 555 g/mol. The highest BCUT2D eigenvalue weighted by Gasteiger charge is 2.60. The third-order valence-corrected chi connectivity index (χ3v) is 11.1. The number of aryl methyl sites for hydroxylation is 1. The minimum absolute atomic E-state index is 0.0289. The van der Waals surface area contributed by atoms with E-state index in [1.165, 1.54) is 36.3 Å². The van der Waals surface area contributed by atoms with Gasteiger partial charge < -0.3 is 15.2 Å². The fourth-order valence-corrected chi connectivity index (χ4v) is 9.55. The molecule has 2 aromatic carbocycles. The molecule has 8 rings (SSSR count). The molecule has 5 aliphatic carbocycles. The van der Waals surface area contributed by atoms with Gasteiger partial charge in [-0.2, -0.15) is 0 Å². The molecule has 5 fully saturated rings. The van der Waals surface area contributed by atoms with Gasteiger partial charge in [-0.1, -0.05) is 50.2 Å². The average Bonchev–Trinajstić information content (AvgIpc) is 3.25. The van der Waals surface area contributed by atoms with Crippen LogP contribution in [0.4, 0.5) is 4.39 Å². The number of nitrogens with one attached hydrogen (secondary N) is 2. The van der Waals surface area contributed by atoms with Crippen LogP contribution in [-0.2, 0) is 16.1 Å². The number of amides is 2. The highest BCUT2D eigenvalue weighted by atomic mass is 19.1. The Morgan fingerprint density at radius 3 is 2.29 bits per heavy atom. The largest absolute Gasteiger partial charge is 0.358 e. The van der Waals surface area contributed by atoms with Crippen molar-refractivity contribution in [2.75, 3.05) is 6.54 Å². The molecule has 0 spiro atoms. The molecule has 4 bridgehead atoms. The van der Waals surface area contributed by atoms with Crippen molar-refractivity contribution in [3.8, 4) is 0 Å². The van der Waals surface area contributed by atoms with Crippen molar-refractivity contribution in [3.05, 3.63) is 71.2 Å². The zero-order chi connectivity index (χ0) is 28.5. The summed E-state index contributed by atoms with van der Waals surface area (Å²) in [5, 5.41) is 4.64. The van der Waals surface area contributed by atoms with Crippen LogP contribution >= 0.6 is 0 Å². The first-order chi connectivity index (χ1) is 19.6. The lowest BCUT2D eigenvalue weighted by Gasteiger charge is -2.57. The summed E-state index contributed by atoms with van der Waals surface area (Å²) in [6.45, 7) is 6.65. The molecule has 6 heteroatoms. The number of fused-ring (bicyclic) bond motifs is 1. The molecule has 41 heavy (non-hydrogen) atoms. The number of hydrogen-bond acceptors (Lipinski definition) is 2. The van der Waals surface area contributed by atoms with Gasteiger partial charge in [-0.15, -0.1) is 0 Å². The molecule has 1 aromatic heterocycles. The molecule has 5 nitrogen and oxygen atoms in total. The number of aromatic amines is 1. The summed E-state index contributed by atoms with van der Waals surface area (Å²) < 4.78 is 14.7. The number of halogens is 1. The fourth-order valence-electron chi connectivity index (χ4n) is 9.55. The molecule has 1 heterocycles. The first-order valence-corrected chi connectivity index (χ1v) is 15.5. The second-order valence-electron chi connectivity index (χ2n) is 14.4. The summed E-state index contributed by atoms with van der Waals surface area (Å²) >= 11 is 0. The van der Waals surface area contributed by atoms with Gasteiger partial charge >= 0.3 is 0 Å². The van der Waals surface area contributed by atoms with E-state index in [0.29, 0.717) is 12.0 Å². The summed E-state index contributed by atoms with van der Waals surface area (Å²) in [5.41, 5.74) is 3.85. The second-order valence-corrected chi connectivity index (χ2v) is 14.4. The van der Waals surface area contributed by atoms with Gasteiger partial charge in [0.15, 0.2) is 0 Å². The quantitative estimate of drug-likeness (QED) is 0.319. The molecule has 0 radical (unpaired) electrons. The Morgan fingerprint density at radius 1 is 0.976 bits per heavy atom. The summed E-state index contributed by atoms with van der Waals surface area (Å²) in [5.74, 6) is 2.05. The number of benzene rings is 2. The number of rotatable bonds is 8. The van der Waals surface area contributed by atoms with Crippen molar-refractivity contribution >= 4 is 22.7 Å². The lowest BCUT2D eigenvalue weighted by Crippen LogP contribution is -2.61. The number of nitrogens with zero attached hydrogens (tertiary/aromatic N) is 1. The SMILES string of the molecule is Cc1[nH]c2ccccc2c1C1C(CC(=O)N(CC(=O)NC23CC4CC(CC(C4)C2)C3)Cc2ccccc2F)C1(C)C. The van der Waals surface area contributed by atoms with Crippen LogP contribution in [0.2, 0.25) is 0 Å². The Morgan fingerprint density at radius 2 is 1.61 bits per heavy atom. The van der Waals surface area contributed by atoms with E-state index >= 15 is 0 Å². The first-order valence-electron chi connectivity index (χ1n) is 15.5. The van der Waals surface area contributed by atoms with Gasteiger partial charge in [0.25, 0.3) is 0 Å². The Bertz CT molecular complexity index is 1470. The number of hydrogen-bond donors (Lipinski definition) is 2. The number of aromatic nitrogens is 1. The van der Waals surface area contributed by atoms with Crippen LogP contribution in [0.25, 0.3) is 10.9 Å². The van der Waals surface area contributed by atoms with Gasteiger partial charge in [-0.05, 0) is 98.1 Å². The molecule has 5 aliphatic rings. The van der Waals surface area contributed by atoms with E-state index in [1.807, 2.05) is 6.07 Å². The van der Waals surface area contributed by atoms with Gasteiger partial charge in [0.05, 0.1) is 6.54 Å². The molecular weight excluding hydrogens is 513 g/mol.